The third kappa shape index (κ3) is 3.77. The molecule has 6 heteroatoms. The number of ether oxygens (including phenoxy) is 1. The number of benzene rings is 1. The maximum Gasteiger partial charge on any atom is 0.422 e. The predicted octanol–water partition coefficient (Wildman–Crippen LogP) is 4.03. The Morgan fingerprint density at radius 1 is 1.14 bits per heavy atom. The van der Waals surface area contributed by atoms with E-state index in [-0.39, 0.29) is 11.0 Å². The van der Waals surface area contributed by atoms with E-state index >= 15 is 0 Å². The van der Waals surface area contributed by atoms with E-state index in [1.165, 1.54) is 0 Å². The molecule has 2 aromatic rings. The lowest BCUT2D eigenvalue weighted by Crippen LogP contribution is -2.19. The van der Waals surface area contributed by atoms with Crippen molar-refractivity contribution >= 4 is 11.0 Å². The van der Waals surface area contributed by atoms with Crippen LogP contribution in [0, 0.1) is 0 Å². The van der Waals surface area contributed by atoms with Gasteiger partial charge >= 0.3 is 6.18 Å². The molecule has 114 valence electrons. The molecule has 0 atom stereocenters. The summed E-state index contributed by atoms with van der Waals surface area (Å²) >= 11 is 0. The van der Waals surface area contributed by atoms with Crippen LogP contribution < -0.4 is 10.2 Å². The molecule has 0 N–H and O–H groups in total. The average molecular weight is 300 g/mol. The van der Waals surface area contributed by atoms with Crippen molar-refractivity contribution < 1.29 is 22.3 Å². The second kappa shape index (κ2) is 5.09. The molecule has 0 unspecified atom stereocenters. The van der Waals surface area contributed by atoms with Crippen LogP contribution in [0.2, 0.25) is 0 Å². The lowest BCUT2D eigenvalue weighted by molar-refractivity contribution is -0.156. The molecular formula is C15H15F3O3. The highest BCUT2D eigenvalue weighted by Crippen LogP contribution is 2.26. The second-order valence-electron chi connectivity index (χ2n) is 5.79. The van der Waals surface area contributed by atoms with Gasteiger partial charge in [-0.3, -0.25) is 4.79 Å². The van der Waals surface area contributed by atoms with Crippen molar-refractivity contribution in [3.63, 3.8) is 0 Å². The third-order valence-corrected chi connectivity index (χ3v) is 2.95. The van der Waals surface area contributed by atoms with Gasteiger partial charge in [-0.1, -0.05) is 26.8 Å². The number of hydrogen-bond acceptors (Lipinski definition) is 3. The molecule has 1 aromatic heterocycles. The average Bonchev–Trinajstić information content (AvgIpc) is 2.34. The Hall–Kier alpha value is -1.98. The van der Waals surface area contributed by atoms with Crippen LogP contribution in [-0.2, 0) is 5.41 Å². The fourth-order valence-corrected chi connectivity index (χ4v) is 1.82. The summed E-state index contributed by atoms with van der Waals surface area (Å²) in [6.07, 6.45) is -4.48. The van der Waals surface area contributed by atoms with Crippen molar-refractivity contribution in [1.29, 1.82) is 0 Å². The van der Waals surface area contributed by atoms with Crippen LogP contribution >= 0.6 is 0 Å². The Kier molecular flexibility index (Phi) is 3.74. The first-order chi connectivity index (χ1) is 9.56. The van der Waals surface area contributed by atoms with Crippen LogP contribution in [0.1, 0.15) is 26.3 Å². The highest BCUT2D eigenvalue weighted by atomic mass is 19.4. The molecule has 3 nitrogen and oxygen atoms in total. The van der Waals surface area contributed by atoms with Crippen molar-refractivity contribution in [2.45, 2.75) is 32.4 Å². The van der Waals surface area contributed by atoms with Gasteiger partial charge in [0.15, 0.2) is 12.0 Å². The molecule has 21 heavy (non-hydrogen) atoms. The fraction of sp³-hybridized carbons (Fsp3) is 0.400. The highest BCUT2D eigenvalue weighted by Gasteiger charge is 2.29. The quantitative estimate of drug-likeness (QED) is 0.840. The van der Waals surface area contributed by atoms with Crippen molar-refractivity contribution in [2.75, 3.05) is 6.61 Å². The third-order valence-electron chi connectivity index (χ3n) is 2.95. The van der Waals surface area contributed by atoms with E-state index in [9.17, 15) is 18.0 Å². The topological polar surface area (TPSA) is 39.4 Å². The first-order valence-corrected chi connectivity index (χ1v) is 6.34. The second-order valence-corrected chi connectivity index (χ2v) is 5.79. The van der Waals surface area contributed by atoms with Gasteiger partial charge in [0.1, 0.15) is 5.58 Å². The van der Waals surface area contributed by atoms with Gasteiger partial charge in [0.2, 0.25) is 0 Å². The molecule has 1 aromatic carbocycles. The predicted molar refractivity (Wildman–Crippen MR) is 72.7 cm³/mol. The minimum atomic E-state index is -4.48. The minimum Gasteiger partial charge on any atom is -0.455 e. The molecule has 0 saturated carbocycles. The zero-order valence-electron chi connectivity index (χ0n) is 11.9. The zero-order chi connectivity index (χ0) is 15.8. The smallest absolute Gasteiger partial charge is 0.422 e. The largest absolute Gasteiger partial charge is 0.455 e. The number of rotatable bonds is 2. The van der Waals surface area contributed by atoms with Crippen LogP contribution in [0.3, 0.4) is 0 Å². The number of hydrogen-bond donors (Lipinski definition) is 0. The van der Waals surface area contributed by atoms with Gasteiger partial charge in [-0.15, -0.1) is 0 Å². The highest BCUT2D eigenvalue weighted by molar-refractivity contribution is 5.77. The van der Waals surface area contributed by atoms with Crippen LogP contribution in [0.5, 0.6) is 5.95 Å². The van der Waals surface area contributed by atoms with Crippen LogP contribution in [0.15, 0.2) is 33.5 Å². The molecule has 0 spiro atoms. The summed E-state index contributed by atoms with van der Waals surface area (Å²) in [6, 6.07) is 5.96. The molecule has 0 aliphatic heterocycles. The van der Waals surface area contributed by atoms with E-state index in [0.717, 1.165) is 11.6 Å². The molecule has 0 amide bonds. The Labute approximate surface area is 119 Å². The summed E-state index contributed by atoms with van der Waals surface area (Å²) in [5.41, 5.74) is 0.560. The van der Waals surface area contributed by atoms with Gasteiger partial charge in [-0.05, 0) is 23.1 Å². The van der Waals surface area contributed by atoms with E-state index in [4.69, 9.17) is 4.42 Å². The first-order valence-electron chi connectivity index (χ1n) is 6.34. The van der Waals surface area contributed by atoms with Crippen molar-refractivity contribution in [3.8, 4) is 5.95 Å². The minimum absolute atomic E-state index is 0.147. The zero-order valence-corrected chi connectivity index (χ0v) is 11.9. The van der Waals surface area contributed by atoms with Gasteiger partial charge in [-0.25, -0.2) is 0 Å². The molecule has 1 heterocycles. The van der Waals surface area contributed by atoms with E-state index in [0.29, 0.717) is 5.39 Å². The van der Waals surface area contributed by atoms with Gasteiger partial charge in [-0.2, -0.15) is 13.2 Å². The van der Waals surface area contributed by atoms with Crippen molar-refractivity contribution in [3.05, 3.63) is 40.1 Å². The van der Waals surface area contributed by atoms with Gasteiger partial charge in [0.05, 0.1) is 11.5 Å². The van der Waals surface area contributed by atoms with Crippen LogP contribution in [0.4, 0.5) is 13.2 Å². The molecule has 0 bridgehead atoms. The van der Waals surface area contributed by atoms with Crippen molar-refractivity contribution in [1.82, 2.24) is 0 Å². The Balaban J connectivity index is 2.42. The Morgan fingerprint density at radius 2 is 1.81 bits per heavy atom. The standard InChI is InChI=1S/C15H15F3O3/c1-14(2,3)9-4-5-12-10(6-9)11(19)7-13(21-12)20-8-15(16,17)18/h4-7H,8H2,1-3H3. The molecule has 2 rings (SSSR count). The van der Waals surface area contributed by atoms with Crippen molar-refractivity contribution in [2.24, 2.45) is 0 Å². The number of alkyl halides is 3. The molecule has 0 fully saturated rings. The summed E-state index contributed by atoms with van der Waals surface area (Å²) in [4.78, 5) is 12.0. The normalized spacial score (nSPS) is 12.7. The molecule has 0 saturated heterocycles. The van der Waals surface area contributed by atoms with Crippen LogP contribution in [0.25, 0.3) is 11.0 Å². The van der Waals surface area contributed by atoms with Gasteiger partial charge < -0.3 is 9.15 Å². The SMILES string of the molecule is CC(C)(C)c1ccc2oc(OCC(F)(F)F)cc(=O)c2c1. The molecule has 0 radical (unpaired) electrons. The first kappa shape index (κ1) is 15.4. The molecule has 0 aliphatic rings. The summed E-state index contributed by atoms with van der Waals surface area (Å²) in [5, 5.41) is 0.321. The van der Waals surface area contributed by atoms with E-state index < -0.39 is 24.2 Å². The maximum absolute atomic E-state index is 12.1. The number of halogens is 3. The van der Waals surface area contributed by atoms with E-state index in [1.807, 2.05) is 20.8 Å². The van der Waals surface area contributed by atoms with Crippen LogP contribution in [-0.4, -0.2) is 12.8 Å². The molecule has 0 aliphatic carbocycles. The fourth-order valence-electron chi connectivity index (χ4n) is 1.82. The summed E-state index contributed by atoms with van der Waals surface area (Å²) < 4.78 is 45.9. The monoisotopic (exact) mass is 300 g/mol. The summed E-state index contributed by atoms with van der Waals surface area (Å²) in [7, 11) is 0. The van der Waals surface area contributed by atoms with Gasteiger partial charge in [0.25, 0.3) is 5.95 Å². The maximum atomic E-state index is 12.1. The number of fused-ring (bicyclic) bond motifs is 1. The Morgan fingerprint density at radius 3 is 2.38 bits per heavy atom. The Bertz CT molecular complexity index is 709. The van der Waals surface area contributed by atoms with Gasteiger partial charge in [0, 0.05) is 0 Å². The lowest BCUT2D eigenvalue weighted by Gasteiger charge is -2.19. The summed E-state index contributed by atoms with van der Waals surface area (Å²) in [5.74, 6) is -0.437. The molecular weight excluding hydrogens is 285 g/mol. The van der Waals surface area contributed by atoms with E-state index in [2.05, 4.69) is 4.74 Å². The summed E-state index contributed by atoms with van der Waals surface area (Å²) in [6.45, 7) is 4.49. The lowest BCUT2D eigenvalue weighted by atomic mass is 9.86. The van der Waals surface area contributed by atoms with E-state index in [1.54, 1.807) is 18.2 Å².